The van der Waals surface area contributed by atoms with Crippen LogP contribution < -0.4 is 10.6 Å². The number of amides is 1. The minimum absolute atomic E-state index is 0.0250. The Morgan fingerprint density at radius 2 is 2.17 bits per heavy atom. The lowest BCUT2D eigenvalue weighted by Crippen LogP contribution is -2.36. The number of furan rings is 1. The van der Waals surface area contributed by atoms with Gasteiger partial charge in [0, 0.05) is 12.1 Å². The smallest absolute Gasteiger partial charge is 0.410 e. The van der Waals surface area contributed by atoms with Gasteiger partial charge in [-0.05, 0) is 36.8 Å². The van der Waals surface area contributed by atoms with E-state index < -0.39 is 30.3 Å². The van der Waals surface area contributed by atoms with Gasteiger partial charge >= 0.3 is 6.18 Å². The van der Waals surface area contributed by atoms with Crippen LogP contribution >= 0.6 is 0 Å². The Labute approximate surface area is 169 Å². The fourth-order valence-electron chi connectivity index (χ4n) is 3.48. The molecule has 3 N–H and O–H groups in total. The minimum Gasteiger partial charge on any atom is -0.467 e. The molecule has 3 atom stereocenters. The van der Waals surface area contributed by atoms with Crippen molar-refractivity contribution in [3.05, 3.63) is 65.7 Å². The number of carbonyl (C=O) groups excluding carboxylic acids is 1. The van der Waals surface area contributed by atoms with E-state index in [1.807, 2.05) is 0 Å². The van der Waals surface area contributed by atoms with Crippen LogP contribution in [0.1, 0.15) is 53.2 Å². The first-order valence-corrected chi connectivity index (χ1v) is 9.27. The maximum atomic E-state index is 13.7. The number of hydrogen-bond donors (Lipinski definition) is 3. The van der Waals surface area contributed by atoms with Gasteiger partial charge in [-0.1, -0.05) is 12.1 Å². The molecule has 7 nitrogen and oxygen atoms in total. The number of aromatic nitrogens is 2. The number of alkyl halides is 3. The third-order valence-electron chi connectivity index (χ3n) is 5.00. The SMILES string of the molecule is C[C@@H](O)c1cccc(NC(=O)c2cnn3c2N[C@H](c2ccco2)C[C@@H]3C(F)(F)F)c1. The Morgan fingerprint density at radius 1 is 1.37 bits per heavy atom. The quantitative estimate of drug-likeness (QED) is 0.580. The van der Waals surface area contributed by atoms with E-state index in [0.29, 0.717) is 17.0 Å². The summed E-state index contributed by atoms with van der Waals surface area (Å²) in [5.41, 5.74) is 0.977. The molecule has 0 saturated carbocycles. The molecule has 158 valence electrons. The van der Waals surface area contributed by atoms with Gasteiger partial charge in [-0.25, -0.2) is 4.68 Å². The average molecular weight is 420 g/mol. The first-order chi connectivity index (χ1) is 14.2. The summed E-state index contributed by atoms with van der Waals surface area (Å²) in [4.78, 5) is 12.8. The lowest BCUT2D eigenvalue weighted by molar-refractivity contribution is -0.174. The van der Waals surface area contributed by atoms with Crippen molar-refractivity contribution in [1.29, 1.82) is 0 Å². The Kier molecular flexibility index (Phi) is 5.02. The predicted molar refractivity (Wildman–Crippen MR) is 102 cm³/mol. The van der Waals surface area contributed by atoms with Crippen LogP contribution in [0.25, 0.3) is 0 Å². The van der Waals surface area contributed by atoms with E-state index >= 15 is 0 Å². The molecule has 3 heterocycles. The molecule has 1 aromatic carbocycles. The van der Waals surface area contributed by atoms with Gasteiger partial charge in [0.1, 0.15) is 17.1 Å². The summed E-state index contributed by atoms with van der Waals surface area (Å²) >= 11 is 0. The third kappa shape index (κ3) is 3.78. The topological polar surface area (TPSA) is 92.3 Å². The molecule has 0 saturated heterocycles. The Morgan fingerprint density at radius 3 is 2.83 bits per heavy atom. The summed E-state index contributed by atoms with van der Waals surface area (Å²) < 4.78 is 47.1. The van der Waals surface area contributed by atoms with Gasteiger partial charge in [-0.2, -0.15) is 18.3 Å². The number of anilines is 2. The highest BCUT2D eigenvalue weighted by atomic mass is 19.4. The maximum absolute atomic E-state index is 13.7. The number of aliphatic hydroxyl groups excluding tert-OH is 1. The molecule has 0 bridgehead atoms. The minimum atomic E-state index is -4.55. The lowest BCUT2D eigenvalue weighted by atomic mass is 10.0. The van der Waals surface area contributed by atoms with E-state index in [0.717, 1.165) is 10.9 Å². The highest BCUT2D eigenvalue weighted by Gasteiger charge is 2.47. The first kappa shape index (κ1) is 20.0. The third-order valence-corrected chi connectivity index (χ3v) is 5.00. The van der Waals surface area contributed by atoms with Crippen LogP contribution in [0.4, 0.5) is 24.7 Å². The summed E-state index contributed by atoms with van der Waals surface area (Å²) in [7, 11) is 0. The van der Waals surface area contributed by atoms with Crippen molar-refractivity contribution in [2.45, 2.75) is 37.7 Å². The number of halogens is 3. The Bertz CT molecular complexity index is 1040. The van der Waals surface area contributed by atoms with Crippen molar-refractivity contribution < 1.29 is 27.5 Å². The molecule has 0 fully saturated rings. The number of fused-ring (bicyclic) bond motifs is 1. The molecular weight excluding hydrogens is 401 g/mol. The van der Waals surface area contributed by atoms with Crippen LogP contribution in [0, 0.1) is 0 Å². The van der Waals surface area contributed by atoms with Crippen LogP contribution in [-0.4, -0.2) is 27.0 Å². The van der Waals surface area contributed by atoms with Gasteiger partial charge in [0.25, 0.3) is 5.91 Å². The Balaban J connectivity index is 1.66. The molecule has 0 unspecified atom stereocenters. The van der Waals surface area contributed by atoms with E-state index in [2.05, 4.69) is 15.7 Å². The van der Waals surface area contributed by atoms with Crippen molar-refractivity contribution in [3.8, 4) is 0 Å². The molecule has 1 aliphatic heterocycles. The van der Waals surface area contributed by atoms with Crippen LogP contribution in [0.5, 0.6) is 0 Å². The summed E-state index contributed by atoms with van der Waals surface area (Å²) in [5.74, 6) is -0.311. The average Bonchev–Trinajstić information content (AvgIpc) is 3.36. The summed E-state index contributed by atoms with van der Waals surface area (Å²) in [6.07, 6.45) is -3.10. The van der Waals surface area contributed by atoms with Crippen molar-refractivity contribution in [3.63, 3.8) is 0 Å². The molecule has 0 spiro atoms. The molecule has 1 amide bonds. The van der Waals surface area contributed by atoms with Crippen LogP contribution in [0.3, 0.4) is 0 Å². The molecule has 0 radical (unpaired) electrons. The highest BCUT2D eigenvalue weighted by Crippen LogP contribution is 2.44. The molecule has 1 aliphatic rings. The van der Waals surface area contributed by atoms with E-state index in [1.54, 1.807) is 43.3 Å². The van der Waals surface area contributed by atoms with Crippen molar-refractivity contribution >= 4 is 17.4 Å². The standard InChI is InChI=1S/C20H19F3N4O3/c1-11(28)12-4-2-5-13(8-12)25-19(29)14-10-24-27-17(20(21,22)23)9-15(26-18(14)27)16-6-3-7-30-16/h2-8,10-11,15,17,26,28H,9H2,1H3,(H,25,29)/t11-,15+,17-/m1/s1. The summed E-state index contributed by atoms with van der Waals surface area (Å²) in [5, 5.41) is 19.1. The van der Waals surface area contributed by atoms with Crippen molar-refractivity contribution in [2.75, 3.05) is 10.6 Å². The number of aliphatic hydroxyl groups is 1. The highest BCUT2D eigenvalue weighted by molar-refractivity contribution is 6.07. The van der Waals surface area contributed by atoms with Crippen molar-refractivity contribution in [1.82, 2.24) is 9.78 Å². The van der Waals surface area contributed by atoms with Gasteiger partial charge in [0.05, 0.1) is 24.6 Å². The predicted octanol–water partition coefficient (Wildman–Crippen LogP) is 4.44. The van der Waals surface area contributed by atoms with E-state index in [-0.39, 0.29) is 17.8 Å². The number of nitrogens with one attached hydrogen (secondary N) is 2. The number of rotatable bonds is 4. The largest absolute Gasteiger partial charge is 0.467 e. The van der Waals surface area contributed by atoms with E-state index in [1.165, 1.54) is 6.26 Å². The number of carbonyl (C=O) groups is 1. The summed E-state index contributed by atoms with van der Waals surface area (Å²) in [6.45, 7) is 1.59. The second kappa shape index (κ2) is 7.52. The summed E-state index contributed by atoms with van der Waals surface area (Å²) in [6, 6.07) is 7.09. The molecular formula is C20H19F3N4O3. The second-order valence-electron chi connectivity index (χ2n) is 7.11. The molecule has 10 heteroatoms. The fraction of sp³-hybridized carbons (Fsp3) is 0.300. The van der Waals surface area contributed by atoms with E-state index in [4.69, 9.17) is 4.42 Å². The number of benzene rings is 1. The Hall–Kier alpha value is -3.27. The van der Waals surface area contributed by atoms with Crippen LogP contribution in [-0.2, 0) is 0 Å². The molecule has 3 aromatic rings. The van der Waals surface area contributed by atoms with Gasteiger partial charge in [-0.15, -0.1) is 0 Å². The fourth-order valence-corrected chi connectivity index (χ4v) is 3.48. The molecule has 0 aliphatic carbocycles. The number of hydrogen-bond acceptors (Lipinski definition) is 5. The zero-order chi connectivity index (χ0) is 21.5. The monoisotopic (exact) mass is 420 g/mol. The lowest BCUT2D eigenvalue weighted by Gasteiger charge is -2.32. The zero-order valence-corrected chi connectivity index (χ0v) is 15.8. The molecule has 4 rings (SSSR count). The van der Waals surface area contributed by atoms with Gasteiger partial charge in [0.2, 0.25) is 0 Å². The molecule has 30 heavy (non-hydrogen) atoms. The van der Waals surface area contributed by atoms with E-state index in [9.17, 15) is 23.1 Å². The molecule has 2 aromatic heterocycles. The van der Waals surface area contributed by atoms with Crippen molar-refractivity contribution in [2.24, 2.45) is 0 Å². The normalized spacial score (nSPS) is 19.6. The van der Waals surface area contributed by atoms with Gasteiger partial charge in [-0.3, -0.25) is 4.79 Å². The first-order valence-electron chi connectivity index (χ1n) is 9.27. The zero-order valence-electron chi connectivity index (χ0n) is 15.8. The van der Waals surface area contributed by atoms with Gasteiger partial charge in [0.15, 0.2) is 6.04 Å². The van der Waals surface area contributed by atoms with Crippen LogP contribution in [0.15, 0.2) is 53.3 Å². The number of nitrogens with zero attached hydrogens (tertiary/aromatic N) is 2. The maximum Gasteiger partial charge on any atom is 0.410 e. The second-order valence-corrected chi connectivity index (χ2v) is 7.11. The van der Waals surface area contributed by atoms with Gasteiger partial charge < -0.3 is 20.2 Å². The van der Waals surface area contributed by atoms with Crippen LogP contribution in [0.2, 0.25) is 0 Å².